The Morgan fingerprint density at radius 2 is 1.54 bits per heavy atom. The van der Waals surface area contributed by atoms with Crippen LogP contribution < -0.4 is 32.3 Å². The van der Waals surface area contributed by atoms with Gasteiger partial charge in [0.25, 0.3) is 0 Å². The number of carbonyl (C=O) groups excluding carboxylic acids is 6. The number of aromatic nitrogens is 2. The second-order valence-corrected chi connectivity index (χ2v) is 19.3. The summed E-state index contributed by atoms with van der Waals surface area (Å²) in [6.45, 7) is 1.92. The minimum Gasteiger partial charge on any atom is -0.370 e. The maximum absolute atomic E-state index is 14.1. The first-order chi connectivity index (χ1) is 30.0. The Morgan fingerprint density at radius 1 is 0.857 bits per heavy atom. The summed E-state index contributed by atoms with van der Waals surface area (Å²) >= 11 is 0. The van der Waals surface area contributed by atoms with Crippen LogP contribution >= 0.6 is 0 Å². The highest BCUT2D eigenvalue weighted by molar-refractivity contribution is 7.90. The maximum atomic E-state index is 14.1. The summed E-state index contributed by atoms with van der Waals surface area (Å²) < 4.78 is 26.7. The number of hydrogen-bond donors (Lipinski definition) is 4. The van der Waals surface area contributed by atoms with Crippen molar-refractivity contribution in [2.24, 2.45) is 18.7 Å². The average molecular weight is 882 g/mol. The van der Waals surface area contributed by atoms with Crippen molar-refractivity contribution in [2.45, 2.75) is 120 Å². The quantitative estimate of drug-likeness (QED) is 0.0902. The van der Waals surface area contributed by atoms with Gasteiger partial charge < -0.3 is 16.4 Å². The number of benzene rings is 3. The number of nitrogens with one attached hydrogen (secondary N) is 3. The van der Waals surface area contributed by atoms with Crippen LogP contribution in [0.15, 0.2) is 64.3 Å². The van der Waals surface area contributed by atoms with Crippen LogP contribution in [0, 0.1) is 5.92 Å². The number of nitrogens with zero attached hydrogens (tertiary/aromatic N) is 3. The normalized spacial score (nSPS) is 19.1. The Hall–Kier alpha value is -6.10. The lowest BCUT2D eigenvalue weighted by Gasteiger charge is -2.28. The van der Waals surface area contributed by atoms with Crippen LogP contribution in [0.1, 0.15) is 98.6 Å². The van der Waals surface area contributed by atoms with E-state index >= 15 is 0 Å². The van der Waals surface area contributed by atoms with Crippen LogP contribution in [0.4, 0.5) is 5.69 Å². The minimum absolute atomic E-state index is 0.0454. The molecule has 0 radical (unpaired) electrons. The number of rotatable bonds is 17. The number of fused-ring (bicyclic) bond motifs is 1. The standard InChI is InChI=1S/C46H55N7O9S/c1-27-10-14-31-22-30(9-7-5-4-6-8-28-13-18-35-37(24-28)51(2)46(60)52(35)36-19-21-40(55)50-43(36)57)23-32-25-38(53(41(31)32)45(27)59)44(58)49-34(17-20-39(47)54)42(56)48-26-29-11-15-33(16-12-29)63(3,61)62/h11-13,15-16,18,22-24,27,34,36,38H,4-10,14,17,19-21,25-26H2,1-3H3,(H2,47,54)(H,48,56)(H,49,58)(H,50,55,57)/t27-,34-,36?,38-/m0/s1. The summed E-state index contributed by atoms with van der Waals surface area (Å²) in [5.74, 6) is -2.93. The first-order valence-corrected chi connectivity index (χ1v) is 23.6. The molecule has 7 rings (SSSR count). The van der Waals surface area contributed by atoms with Gasteiger partial charge in [-0.25, -0.2) is 13.2 Å². The molecule has 1 saturated heterocycles. The number of imidazole rings is 1. The molecule has 1 unspecified atom stereocenters. The molecule has 16 nitrogen and oxygen atoms in total. The molecular formula is C46H55N7O9S. The Bertz CT molecular complexity index is 2650. The van der Waals surface area contributed by atoms with Gasteiger partial charge in [-0.2, -0.15) is 0 Å². The highest BCUT2D eigenvalue weighted by atomic mass is 32.2. The molecule has 3 aliphatic rings. The van der Waals surface area contributed by atoms with Crippen molar-refractivity contribution in [1.29, 1.82) is 0 Å². The fraction of sp³-hybridized carbons (Fsp3) is 0.457. The van der Waals surface area contributed by atoms with Crippen molar-refractivity contribution in [2.75, 3.05) is 11.2 Å². The summed E-state index contributed by atoms with van der Waals surface area (Å²) in [6.07, 6.45) is 8.53. The lowest BCUT2D eigenvalue weighted by molar-refractivity contribution is -0.136. The zero-order chi connectivity index (χ0) is 45.2. The number of hydrogen-bond acceptors (Lipinski definition) is 9. The van der Waals surface area contributed by atoms with E-state index in [-0.39, 0.29) is 67.0 Å². The van der Waals surface area contributed by atoms with Crippen LogP contribution in [-0.2, 0) is 77.9 Å². The first-order valence-electron chi connectivity index (χ1n) is 21.7. The van der Waals surface area contributed by atoms with Crippen LogP contribution in [0.25, 0.3) is 11.0 Å². The van der Waals surface area contributed by atoms with Crippen LogP contribution in [-0.4, -0.2) is 71.3 Å². The number of piperidine rings is 1. The monoisotopic (exact) mass is 881 g/mol. The topological polar surface area (TPSA) is 229 Å². The Balaban J connectivity index is 0.963. The zero-order valence-corrected chi connectivity index (χ0v) is 36.7. The SMILES string of the molecule is C[C@H]1CCc2cc(CCCCCCc3ccc4c(c3)n(C)c(=O)n4C3CCC(=O)NC3=O)cc3c2N(C1=O)[C@H](C(=O)N[C@@H](CCC(N)=O)C(=O)NCc1ccc(S(C)(=O)=O)cc1)C3. The Morgan fingerprint density at radius 3 is 2.22 bits per heavy atom. The molecule has 1 fully saturated rings. The molecule has 4 aromatic rings. The lowest BCUT2D eigenvalue weighted by atomic mass is 9.94. The molecule has 17 heteroatoms. The molecule has 3 aliphatic heterocycles. The fourth-order valence-corrected chi connectivity index (χ4v) is 9.72. The molecule has 6 amide bonds. The summed E-state index contributed by atoms with van der Waals surface area (Å²) in [5.41, 5.74) is 12.1. The van der Waals surface area contributed by atoms with Crippen LogP contribution in [0.3, 0.4) is 0 Å². The highest BCUT2D eigenvalue weighted by Crippen LogP contribution is 2.41. The van der Waals surface area contributed by atoms with Crippen molar-refractivity contribution in [3.05, 3.63) is 92.9 Å². The van der Waals surface area contributed by atoms with E-state index in [1.807, 2.05) is 25.1 Å². The molecule has 3 aromatic carbocycles. The second kappa shape index (κ2) is 18.7. The van der Waals surface area contributed by atoms with E-state index in [1.165, 1.54) is 16.7 Å². The first kappa shape index (κ1) is 44.9. The van der Waals surface area contributed by atoms with Crippen molar-refractivity contribution in [3.63, 3.8) is 0 Å². The molecular weight excluding hydrogens is 827 g/mol. The third-order valence-electron chi connectivity index (χ3n) is 12.6. The van der Waals surface area contributed by atoms with Crippen LogP contribution in [0.2, 0.25) is 0 Å². The summed E-state index contributed by atoms with van der Waals surface area (Å²) in [5, 5.41) is 7.93. The van der Waals surface area contributed by atoms with E-state index in [2.05, 4.69) is 28.1 Å². The molecule has 0 bridgehead atoms. The smallest absolute Gasteiger partial charge is 0.329 e. The summed E-state index contributed by atoms with van der Waals surface area (Å²) in [4.78, 5) is 92.3. The second-order valence-electron chi connectivity index (χ2n) is 17.2. The van der Waals surface area contributed by atoms with E-state index in [0.717, 1.165) is 78.2 Å². The van der Waals surface area contributed by atoms with Crippen molar-refractivity contribution >= 4 is 62.0 Å². The van der Waals surface area contributed by atoms with Crippen molar-refractivity contribution in [1.82, 2.24) is 25.1 Å². The maximum Gasteiger partial charge on any atom is 0.329 e. The molecule has 334 valence electrons. The third kappa shape index (κ3) is 9.93. The van der Waals surface area contributed by atoms with E-state index in [9.17, 15) is 42.0 Å². The predicted octanol–water partition coefficient (Wildman–Crippen LogP) is 2.97. The lowest BCUT2D eigenvalue weighted by Crippen LogP contribution is -2.55. The molecule has 63 heavy (non-hydrogen) atoms. The molecule has 1 aromatic heterocycles. The average Bonchev–Trinajstić information content (AvgIpc) is 3.71. The van der Waals surface area contributed by atoms with E-state index in [1.54, 1.807) is 28.6 Å². The number of imide groups is 1. The minimum atomic E-state index is -3.39. The van der Waals surface area contributed by atoms with E-state index < -0.39 is 51.6 Å². The van der Waals surface area contributed by atoms with Crippen LogP contribution in [0.5, 0.6) is 0 Å². The fourth-order valence-electron chi connectivity index (χ4n) is 9.09. The van der Waals surface area contributed by atoms with Gasteiger partial charge in [-0.15, -0.1) is 0 Å². The van der Waals surface area contributed by atoms with Gasteiger partial charge in [-0.05, 0) is 103 Å². The Labute approximate surface area is 365 Å². The molecule has 0 spiro atoms. The van der Waals surface area contributed by atoms with Crippen molar-refractivity contribution < 1.29 is 37.2 Å². The predicted molar refractivity (Wildman–Crippen MR) is 235 cm³/mol. The largest absolute Gasteiger partial charge is 0.370 e. The number of carbonyl (C=O) groups is 6. The van der Waals surface area contributed by atoms with Gasteiger partial charge in [0.15, 0.2) is 9.84 Å². The van der Waals surface area contributed by atoms with Gasteiger partial charge in [0.05, 0.1) is 21.6 Å². The van der Waals surface area contributed by atoms with Gasteiger partial charge >= 0.3 is 5.69 Å². The molecule has 0 saturated carbocycles. The van der Waals surface area contributed by atoms with Gasteiger partial charge in [-0.3, -0.25) is 48.1 Å². The van der Waals surface area contributed by atoms with Gasteiger partial charge in [-0.1, -0.05) is 50.1 Å². The number of anilines is 1. The summed E-state index contributed by atoms with van der Waals surface area (Å²) in [7, 11) is -1.70. The number of nitrogens with two attached hydrogens (primary N) is 1. The van der Waals surface area contributed by atoms with E-state index in [4.69, 9.17) is 5.73 Å². The third-order valence-corrected chi connectivity index (χ3v) is 13.7. The highest BCUT2D eigenvalue weighted by Gasteiger charge is 2.43. The molecule has 4 atom stereocenters. The van der Waals surface area contributed by atoms with E-state index in [0.29, 0.717) is 23.9 Å². The van der Waals surface area contributed by atoms with Gasteiger partial charge in [0.1, 0.15) is 18.1 Å². The number of amides is 6. The van der Waals surface area contributed by atoms with Crippen molar-refractivity contribution in [3.8, 4) is 0 Å². The number of primary amides is 1. The molecule has 0 aliphatic carbocycles. The number of aryl methyl sites for hydroxylation is 4. The van der Waals surface area contributed by atoms with Gasteiger partial charge in [0, 0.05) is 45.0 Å². The Kier molecular flexibility index (Phi) is 13.3. The summed E-state index contributed by atoms with van der Waals surface area (Å²) in [6, 6.07) is 13.5. The van der Waals surface area contributed by atoms with Gasteiger partial charge in [0.2, 0.25) is 35.4 Å². The number of sulfone groups is 1. The molecule has 4 heterocycles. The number of unbranched alkanes of at least 4 members (excludes halogenated alkanes) is 3. The molecule has 5 N–H and O–H groups in total. The zero-order valence-electron chi connectivity index (χ0n) is 35.9.